The monoisotopic (exact) mass is 223 g/mol. The van der Waals surface area contributed by atoms with E-state index in [0.717, 1.165) is 24.5 Å². The molecule has 90 valence electrons. The summed E-state index contributed by atoms with van der Waals surface area (Å²) in [5.74, 6) is 0.893. The third-order valence-electron chi connectivity index (χ3n) is 2.51. The van der Waals surface area contributed by atoms with Crippen molar-refractivity contribution in [1.29, 1.82) is 0 Å². The van der Waals surface area contributed by atoms with Crippen molar-refractivity contribution in [3.05, 3.63) is 23.8 Å². The number of methoxy groups -OCH3 is 2. The van der Waals surface area contributed by atoms with Crippen molar-refractivity contribution in [1.82, 2.24) is 0 Å². The van der Waals surface area contributed by atoms with Gasteiger partial charge in [-0.2, -0.15) is 0 Å². The van der Waals surface area contributed by atoms with Crippen molar-refractivity contribution >= 4 is 5.69 Å². The summed E-state index contributed by atoms with van der Waals surface area (Å²) in [6.07, 6.45) is 0.980. The van der Waals surface area contributed by atoms with Gasteiger partial charge in [0.05, 0.1) is 12.8 Å². The van der Waals surface area contributed by atoms with E-state index in [2.05, 4.69) is 31.3 Å². The molecular weight excluding hydrogens is 202 g/mol. The Hall–Kier alpha value is -1.22. The number of nitrogens with one attached hydrogen (secondary N) is 1. The molecule has 3 heteroatoms. The molecule has 0 fully saturated rings. The summed E-state index contributed by atoms with van der Waals surface area (Å²) >= 11 is 0. The lowest BCUT2D eigenvalue weighted by Gasteiger charge is -2.17. The summed E-state index contributed by atoms with van der Waals surface area (Å²) in [6, 6.07) is 6.54. The van der Waals surface area contributed by atoms with Gasteiger partial charge in [-0.05, 0) is 38.0 Å². The van der Waals surface area contributed by atoms with Crippen LogP contribution in [0.25, 0.3) is 0 Å². The highest BCUT2D eigenvalue weighted by atomic mass is 16.5. The zero-order valence-corrected chi connectivity index (χ0v) is 10.5. The zero-order chi connectivity index (χ0) is 12.0. The van der Waals surface area contributed by atoms with Crippen LogP contribution in [0.1, 0.15) is 18.9 Å². The summed E-state index contributed by atoms with van der Waals surface area (Å²) in [5, 5.41) is 3.42. The van der Waals surface area contributed by atoms with Gasteiger partial charge in [-0.3, -0.25) is 0 Å². The maximum absolute atomic E-state index is 5.34. The average molecular weight is 223 g/mol. The van der Waals surface area contributed by atoms with E-state index >= 15 is 0 Å². The van der Waals surface area contributed by atoms with E-state index in [1.807, 2.05) is 6.07 Å². The summed E-state index contributed by atoms with van der Waals surface area (Å²) in [7, 11) is 3.42. The van der Waals surface area contributed by atoms with Crippen LogP contribution < -0.4 is 10.1 Å². The second-order valence-electron chi connectivity index (χ2n) is 4.03. The van der Waals surface area contributed by atoms with Gasteiger partial charge in [-0.1, -0.05) is 6.07 Å². The Kier molecular flexibility index (Phi) is 5.12. The van der Waals surface area contributed by atoms with Crippen molar-refractivity contribution in [3.8, 4) is 5.75 Å². The summed E-state index contributed by atoms with van der Waals surface area (Å²) in [5.41, 5.74) is 2.24. The van der Waals surface area contributed by atoms with E-state index in [4.69, 9.17) is 9.47 Å². The van der Waals surface area contributed by atoms with Gasteiger partial charge < -0.3 is 14.8 Å². The van der Waals surface area contributed by atoms with Crippen LogP contribution in [0.4, 0.5) is 5.69 Å². The molecule has 1 aromatic rings. The van der Waals surface area contributed by atoms with Crippen molar-refractivity contribution in [2.24, 2.45) is 0 Å². The molecule has 3 nitrogen and oxygen atoms in total. The number of ether oxygens (including phenoxy) is 2. The molecule has 0 saturated heterocycles. The fourth-order valence-electron chi connectivity index (χ4n) is 1.55. The van der Waals surface area contributed by atoms with Gasteiger partial charge in [-0.25, -0.2) is 0 Å². The highest BCUT2D eigenvalue weighted by Crippen LogP contribution is 2.26. The summed E-state index contributed by atoms with van der Waals surface area (Å²) in [4.78, 5) is 0. The fraction of sp³-hybridized carbons (Fsp3) is 0.538. The van der Waals surface area contributed by atoms with Gasteiger partial charge in [0.25, 0.3) is 0 Å². The second kappa shape index (κ2) is 6.38. The molecule has 0 aliphatic heterocycles. The molecule has 1 atom stereocenters. The number of aryl methyl sites for hydroxylation is 1. The number of hydrogen-bond acceptors (Lipinski definition) is 3. The predicted molar refractivity (Wildman–Crippen MR) is 67.3 cm³/mol. The van der Waals surface area contributed by atoms with Gasteiger partial charge in [0, 0.05) is 19.8 Å². The minimum atomic E-state index is 0.372. The molecule has 0 aliphatic rings. The lowest BCUT2D eigenvalue weighted by Crippen LogP contribution is -2.17. The molecule has 1 aromatic carbocycles. The van der Waals surface area contributed by atoms with Crippen LogP contribution >= 0.6 is 0 Å². The van der Waals surface area contributed by atoms with Crippen LogP contribution in [0.5, 0.6) is 5.75 Å². The van der Waals surface area contributed by atoms with Crippen molar-refractivity contribution in [2.75, 3.05) is 26.1 Å². The Morgan fingerprint density at radius 3 is 2.69 bits per heavy atom. The molecule has 0 radical (unpaired) electrons. The topological polar surface area (TPSA) is 30.5 Å². The normalized spacial score (nSPS) is 12.2. The zero-order valence-electron chi connectivity index (χ0n) is 10.5. The average Bonchev–Trinajstić information content (AvgIpc) is 2.28. The molecule has 0 aromatic heterocycles. The molecule has 16 heavy (non-hydrogen) atoms. The number of benzene rings is 1. The Morgan fingerprint density at radius 1 is 1.31 bits per heavy atom. The maximum atomic E-state index is 5.34. The third-order valence-corrected chi connectivity index (χ3v) is 2.51. The molecule has 0 heterocycles. The Balaban J connectivity index is 2.65. The summed E-state index contributed by atoms with van der Waals surface area (Å²) in [6.45, 7) is 4.96. The van der Waals surface area contributed by atoms with Crippen molar-refractivity contribution in [3.63, 3.8) is 0 Å². The van der Waals surface area contributed by atoms with E-state index in [1.165, 1.54) is 5.56 Å². The van der Waals surface area contributed by atoms with Crippen molar-refractivity contribution < 1.29 is 9.47 Å². The van der Waals surface area contributed by atoms with Crippen LogP contribution in [0.15, 0.2) is 18.2 Å². The molecule has 1 unspecified atom stereocenters. The van der Waals surface area contributed by atoms with E-state index in [9.17, 15) is 0 Å². The lowest BCUT2D eigenvalue weighted by molar-refractivity contribution is 0.191. The van der Waals surface area contributed by atoms with E-state index < -0.39 is 0 Å². The standard InChI is InChI=1S/C13H21NO2/c1-10-5-6-12(13(9-10)16-4)14-11(2)7-8-15-3/h5-6,9,11,14H,7-8H2,1-4H3. The van der Waals surface area contributed by atoms with Gasteiger partial charge in [0.2, 0.25) is 0 Å². The Bertz CT molecular complexity index is 326. The van der Waals surface area contributed by atoms with Gasteiger partial charge in [0.15, 0.2) is 0 Å². The third kappa shape index (κ3) is 3.74. The lowest BCUT2D eigenvalue weighted by atomic mass is 10.2. The van der Waals surface area contributed by atoms with Gasteiger partial charge in [-0.15, -0.1) is 0 Å². The van der Waals surface area contributed by atoms with Crippen LogP contribution in [0.2, 0.25) is 0 Å². The molecule has 1 N–H and O–H groups in total. The number of anilines is 1. The highest BCUT2D eigenvalue weighted by Gasteiger charge is 2.06. The van der Waals surface area contributed by atoms with Crippen LogP contribution in [0, 0.1) is 6.92 Å². The van der Waals surface area contributed by atoms with E-state index in [1.54, 1.807) is 14.2 Å². The minimum absolute atomic E-state index is 0.372. The molecule has 0 amide bonds. The number of rotatable bonds is 6. The molecule has 0 spiro atoms. The quantitative estimate of drug-likeness (QED) is 0.804. The minimum Gasteiger partial charge on any atom is -0.495 e. The fourth-order valence-corrected chi connectivity index (χ4v) is 1.55. The molecule has 0 aliphatic carbocycles. The van der Waals surface area contributed by atoms with E-state index in [-0.39, 0.29) is 0 Å². The van der Waals surface area contributed by atoms with Crippen molar-refractivity contribution in [2.45, 2.75) is 26.3 Å². The van der Waals surface area contributed by atoms with E-state index in [0.29, 0.717) is 6.04 Å². The molecule has 0 saturated carbocycles. The predicted octanol–water partition coefficient (Wildman–Crippen LogP) is 2.84. The first-order chi connectivity index (χ1) is 7.67. The number of hydrogen-bond donors (Lipinski definition) is 1. The van der Waals surface area contributed by atoms with Crippen LogP contribution in [0.3, 0.4) is 0 Å². The molecular formula is C13H21NO2. The Labute approximate surface area is 97.8 Å². The SMILES string of the molecule is COCCC(C)Nc1ccc(C)cc1OC. The smallest absolute Gasteiger partial charge is 0.142 e. The van der Waals surface area contributed by atoms with Crippen LogP contribution in [-0.4, -0.2) is 26.9 Å². The van der Waals surface area contributed by atoms with Gasteiger partial charge in [0.1, 0.15) is 5.75 Å². The first-order valence-corrected chi connectivity index (χ1v) is 5.57. The second-order valence-corrected chi connectivity index (χ2v) is 4.03. The van der Waals surface area contributed by atoms with Gasteiger partial charge >= 0.3 is 0 Å². The summed E-state index contributed by atoms with van der Waals surface area (Å²) < 4.78 is 10.4. The first kappa shape index (κ1) is 12.8. The molecule has 0 bridgehead atoms. The Morgan fingerprint density at radius 2 is 2.06 bits per heavy atom. The molecule has 1 rings (SSSR count). The largest absolute Gasteiger partial charge is 0.495 e. The highest BCUT2D eigenvalue weighted by molar-refractivity contribution is 5.58. The first-order valence-electron chi connectivity index (χ1n) is 5.57. The maximum Gasteiger partial charge on any atom is 0.142 e. The van der Waals surface area contributed by atoms with Crippen LogP contribution in [-0.2, 0) is 4.74 Å².